The van der Waals surface area contributed by atoms with Crippen molar-refractivity contribution in [1.29, 1.82) is 0 Å². The van der Waals surface area contributed by atoms with Crippen LogP contribution in [0.3, 0.4) is 0 Å². The molecule has 3 unspecified atom stereocenters. The van der Waals surface area contributed by atoms with Gasteiger partial charge in [-0.15, -0.1) is 34.8 Å². The average molecular weight is 1040 g/mol. The third-order valence-electron chi connectivity index (χ3n) is 9.80. The van der Waals surface area contributed by atoms with E-state index in [-0.39, 0.29) is 55.7 Å². The first-order chi connectivity index (χ1) is 33.0. The highest BCUT2D eigenvalue weighted by Gasteiger charge is 2.27. The molecular formula is C48H45Cl5N8O8. The number of halogens is 5. The largest absolute Gasteiger partial charge is 0.494 e. The molecule has 0 aromatic heterocycles. The number of hydrogen-bond acceptors (Lipinski definition) is 12. The first-order valence-electron chi connectivity index (χ1n) is 21.0. The van der Waals surface area contributed by atoms with E-state index in [2.05, 4.69) is 41.7 Å². The second kappa shape index (κ2) is 25.3. The van der Waals surface area contributed by atoms with Gasteiger partial charge in [0.05, 0.1) is 51.5 Å². The molecule has 5 rings (SSSR count). The lowest BCUT2D eigenvalue weighted by Crippen LogP contribution is -2.32. The van der Waals surface area contributed by atoms with E-state index in [1.165, 1.54) is 54.6 Å². The quantitative estimate of drug-likeness (QED) is 0.0314. The highest BCUT2D eigenvalue weighted by atomic mass is 35.5. The zero-order valence-corrected chi connectivity index (χ0v) is 41.4. The molecule has 0 radical (unpaired) electrons. The van der Waals surface area contributed by atoms with Crippen molar-refractivity contribution in [1.82, 2.24) is 0 Å². The van der Waals surface area contributed by atoms with Crippen LogP contribution in [0.25, 0.3) is 0 Å². The summed E-state index contributed by atoms with van der Waals surface area (Å²) >= 11 is 31.8. The highest BCUT2D eigenvalue weighted by Crippen LogP contribution is 2.34. The fraction of sp³-hybridized carbons (Fsp3) is 0.250. The summed E-state index contributed by atoms with van der Waals surface area (Å²) in [7, 11) is 0. The van der Waals surface area contributed by atoms with Crippen LogP contribution in [-0.4, -0.2) is 60.5 Å². The van der Waals surface area contributed by atoms with Gasteiger partial charge >= 0.3 is 0 Å². The molecule has 16 nitrogen and oxygen atoms in total. The van der Waals surface area contributed by atoms with Crippen LogP contribution in [0.1, 0.15) is 77.4 Å². The third kappa shape index (κ3) is 14.1. The number of hydrogen-bond donors (Lipinski definition) is 4. The molecular weight excluding hydrogens is 994 g/mol. The van der Waals surface area contributed by atoms with Gasteiger partial charge in [0.2, 0.25) is 12.1 Å². The molecule has 0 aliphatic rings. The van der Waals surface area contributed by atoms with Gasteiger partial charge in [-0.2, -0.15) is 20.5 Å². The Balaban J connectivity index is 1.27. The van der Waals surface area contributed by atoms with Gasteiger partial charge < -0.3 is 30.7 Å². The number of nitrogens with zero attached hydrogens (tertiary/aromatic N) is 4. The number of ketones is 2. The van der Waals surface area contributed by atoms with Crippen molar-refractivity contribution in [3.63, 3.8) is 0 Å². The molecule has 0 aliphatic heterocycles. The molecule has 4 N–H and O–H groups in total. The van der Waals surface area contributed by atoms with E-state index in [9.17, 15) is 28.8 Å². The van der Waals surface area contributed by atoms with E-state index >= 15 is 0 Å². The SMILES string of the molecule is CCOc1ccc(NC(=O)c2cccc(N=NC(C(C)=O)C(=O)Nc3ccc(NC(=O)C(N=Nc4cccc(C(=O)Nc5ccc(OCC)c(CCl)c5)c4Cl)C(C)=O)c(C(C)Cl)c3)c2Cl)cc1CCl. The van der Waals surface area contributed by atoms with Crippen LogP contribution >= 0.6 is 58.0 Å². The smallest absolute Gasteiger partial charge is 0.258 e. The van der Waals surface area contributed by atoms with E-state index in [1.54, 1.807) is 43.3 Å². The maximum absolute atomic E-state index is 13.6. The van der Waals surface area contributed by atoms with E-state index in [0.29, 0.717) is 52.8 Å². The summed E-state index contributed by atoms with van der Waals surface area (Å²) < 4.78 is 11.1. The minimum absolute atomic E-state index is 0.0110. The zero-order chi connectivity index (χ0) is 50.4. The van der Waals surface area contributed by atoms with Gasteiger partial charge in [0, 0.05) is 33.9 Å². The Bertz CT molecular complexity index is 2820. The van der Waals surface area contributed by atoms with Crippen molar-refractivity contribution in [2.45, 2.75) is 63.8 Å². The normalized spacial score (nSPS) is 12.5. The summed E-state index contributed by atoms with van der Waals surface area (Å²) in [5.41, 5.74) is 3.02. The van der Waals surface area contributed by atoms with Crippen molar-refractivity contribution < 1.29 is 38.2 Å². The Labute approximate surface area is 422 Å². The van der Waals surface area contributed by atoms with Crippen molar-refractivity contribution >= 4 is 127 Å². The molecule has 0 aliphatic carbocycles. The molecule has 0 saturated heterocycles. The number of carbonyl (C=O) groups excluding carboxylic acids is 6. The summed E-state index contributed by atoms with van der Waals surface area (Å²) in [5.74, 6) is -2.70. The Hall–Kier alpha value is -6.43. The third-order valence-corrected chi connectivity index (χ3v) is 11.4. The Kier molecular flexibility index (Phi) is 19.6. The predicted molar refractivity (Wildman–Crippen MR) is 269 cm³/mol. The molecule has 0 fully saturated rings. The van der Waals surface area contributed by atoms with Gasteiger partial charge in [-0.1, -0.05) is 35.3 Å². The second-order valence-electron chi connectivity index (χ2n) is 14.8. The summed E-state index contributed by atoms with van der Waals surface area (Å²) in [5, 5.41) is 25.9. The van der Waals surface area contributed by atoms with Crippen LogP contribution in [-0.2, 0) is 30.9 Å². The molecule has 0 bridgehead atoms. The van der Waals surface area contributed by atoms with Gasteiger partial charge in [-0.25, -0.2) is 0 Å². The second-order valence-corrected chi connectivity index (χ2v) is 16.8. The lowest BCUT2D eigenvalue weighted by atomic mass is 10.1. The lowest BCUT2D eigenvalue weighted by molar-refractivity contribution is -0.127. The Morgan fingerprint density at radius 2 is 1.00 bits per heavy atom. The van der Waals surface area contributed by atoms with Crippen molar-refractivity contribution in [2.24, 2.45) is 20.5 Å². The number of azo groups is 2. The number of amides is 4. The topological polar surface area (TPSA) is 218 Å². The van der Waals surface area contributed by atoms with Gasteiger partial charge in [0.25, 0.3) is 23.6 Å². The first kappa shape index (κ1) is 53.5. The monoisotopic (exact) mass is 1040 g/mol. The molecule has 0 spiro atoms. The molecule has 3 atom stereocenters. The lowest BCUT2D eigenvalue weighted by Gasteiger charge is -2.17. The number of alkyl halides is 3. The number of Topliss-reactive ketones (excluding diaryl/α,β-unsaturated/α-hetero) is 2. The summed E-state index contributed by atoms with van der Waals surface area (Å²) in [6, 6.07) is 19.9. The molecule has 21 heteroatoms. The molecule has 0 heterocycles. The van der Waals surface area contributed by atoms with Gasteiger partial charge in [0.15, 0.2) is 11.6 Å². The average Bonchev–Trinajstić information content (AvgIpc) is 3.31. The first-order valence-corrected chi connectivity index (χ1v) is 23.3. The van der Waals surface area contributed by atoms with Crippen molar-refractivity contribution in [3.8, 4) is 11.5 Å². The number of rotatable bonds is 21. The van der Waals surface area contributed by atoms with Crippen LogP contribution in [0.5, 0.6) is 11.5 Å². The molecule has 0 saturated carbocycles. The number of carbonyl (C=O) groups is 6. The Morgan fingerprint density at radius 3 is 1.41 bits per heavy atom. The summed E-state index contributed by atoms with van der Waals surface area (Å²) in [6.07, 6.45) is 0. The molecule has 360 valence electrons. The summed E-state index contributed by atoms with van der Waals surface area (Å²) in [6.45, 7) is 8.47. The van der Waals surface area contributed by atoms with E-state index in [0.717, 1.165) is 13.8 Å². The molecule has 69 heavy (non-hydrogen) atoms. The number of benzene rings is 5. The van der Waals surface area contributed by atoms with E-state index in [1.807, 2.05) is 13.8 Å². The molecule has 5 aromatic rings. The maximum atomic E-state index is 13.6. The van der Waals surface area contributed by atoms with Crippen molar-refractivity contribution in [2.75, 3.05) is 34.5 Å². The van der Waals surface area contributed by atoms with Crippen LogP contribution in [0.15, 0.2) is 111 Å². The van der Waals surface area contributed by atoms with Gasteiger partial charge in [-0.3, -0.25) is 28.8 Å². The summed E-state index contributed by atoms with van der Waals surface area (Å²) in [4.78, 5) is 79.0. The predicted octanol–water partition coefficient (Wildman–Crippen LogP) is 12.4. The van der Waals surface area contributed by atoms with Crippen LogP contribution in [0.2, 0.25) is 10.0 Å². The molecule has 4 amide bonds. The minimum Gasteiger partial charge on any atom is -0.494 e. The Morgan fingerprint density at radius 1 is 0.580 bits per heavy atom. The van der Waals surface area contributed by atoms with E-state index < -0.39 is 52.7 Å². The maximum Gasteiger partial charge on any atom is 0.258 e. The standard InChI is InChI=1S/C48H45Cl5N8O8/c1-6-68-39-18-15-30(20-28(39)23-49)54-45(64)33-10-8-12-37(41(33)52)58-60-43(26(4)62)47(66)56-32-14-17-36(35(22-32)25(3)51)57-48(67)44(27(5)63)61-59-38-13-9-11-34(42(38)53)46(65)55-31-16-19-40(69-7-2)29(21-31)24-50/h8-22,25,43-44H,6-7,23-24H2,1-5H3,(H,54,64)(H,55,65)(H,56,66)(H,57,67). The minimum atomic E-state index is -1.65. The van der Waals surface area contributed by atoms with E-state index in [4.69, 9.17) is 67.5 Å². The van der Waals surface area contributed by atoms with Gasteiger partial charge in [-0.05, 0) is 119 Å². The number of nitrogens with one attached hydrogen (secondary N) is 4. The number of ether oxygens (including phenoxy) is 2. The number of anilines is 4. The molecule has 5 aromatic carbocycles. The van der Waals surface area contributed by atoms with Crippen LogP contribution in [0.4, 0.5) is 34.1 Å². The van der Waals surface area contributed by atoms with Crippen molar-refractivity contribution in [3.05, 3.63) is 129 Å². The van der Waals surface area contributed by atoms with Crippen LogP contribution < -0.4 is 30.7 Å². The fourth-order valence-corrected chi connectivity index (χ4v) is 7.53. The fourth-order valence-electron chi connectivity index (χ4n) is 6.43. The zero-order valence-electron chi connectivity index (χ0n) is 37.7. The van der Waals surface area contributed by atoms with Crippen LogP contribution in [0, 0.1) is 0 Å². The highest BCUT2D eigenvalue weighted by molar-refractivity contribution is 6.37. The van der Waals surface area contributed by atoms with Gasteiger partial charge in [0.1, 0.15) is 22.9 Å².